The van der Waals surface area contributed by atoms with Crippen molar-refractivity contribution in [2.45, 2.75) is 38.0 Å². The zero-order chi connectivity index (χ0) is 12.6. The maximum atomic E-state index is 5.38. The Kier molecular flexibility index (Phi) is 2.82. The van der Waals surface area contributed by atoms with E-state index in [0.29, 0.717) is 4.77 Å². The molecule has 1 fully saturated rings. The Labute approximate surface area is 112 Å². The zero-order valence-corrected chi connectivity index (χ0v) is 11.3. The van der Waals surface area contributed by atoms with Gasteiger partial charge in [0.25, 0.3) is 0 Å². The summed E-state index contributed by atoms with van der Waals surface area (Å²) < 4.78 is 2.77. The number of hydrogen-bond donors (Lipinski definition) is 1. The molecule has 0 atom stereocenters. The molecular weight excluding hydrogens is 242 g/mol. The van der Waals surface area contributed by atoms with Crippen molar-refractivity contribution < 1.29 is 0 Å². The quantitative estimate of drug-likeness (QED) is 0.833. The van der Waals surface area contributed by atoms with Crippen LogP contribution in [-0.4, -0.2) is 14.8 Å². The topological polar surface area (TPSA) is 33.6 Å². The zero-order valence-electron chi connectivity index (χ0n) is 10.5. The summed E-state index contributed by atoms with van der Waals surface area (Å²) in [6.45, 7) is 2.30. The second-order valence-corrected chi connectivity index (χ2v) is 5.68. The van der Waals surface area contributed by atoms with E-state index in [9.17, 15) is 0 Å². The van der Waals surface area contributed by atoms with Gasteiger partial charge in [-0.25, -0.2) is 0 Å². The molecule has 0 amide bonds. The van der Waals surface area contributed by atoms with Gasteiger partial charge < -0.3 is 0 Å². The van der Waals surface area contributed by atoms with Crippen LogP contribution in [0, 0.1) is 4.77 Å². The van der Waals surface area contributed by atoms with Crippen molar-refractivity contribution >= 4 is 12.2 Å². The third-order valence-electron chi connectivity index (χ3n) is 3.93. The Balaban J connectivity index is 2.16. The Bertz CT molecular complexity index is 591. The van der Waals surface area contributed by atoms with Gasteiger partial charge in [0, 0.05) is 11.1 Å². The molecule has 3 rings (SSSR count). The van der Waals surface area contributed by atoms with E-state index in [2.05, 4.69) is 33.8 Å². The Hall–Kier alpha value is -1.42. The molecule has 1 aliphatic carbocycles. The Morgan fingerprint density at radius 2 is 1.89 bits per heavy atom. The fourth-order valence-electron chi connectivity index (χ4n) is 2.90. The summed E-state index contributed by atoms with van der Waals surface area (Å²) in [5, 5.41) is 7.45. The fraction of sp³-hybridized carbons (Fsp3) is 0.429. The highest BCUT2D eigenvalue weighted by molar-refractivity contribution is 7.71. The van der Waals surface area contributed by atoms with E-state index in [1.807, 2.05) is 18.2 Å². The standard InChI is InChI=1S/C14H17N3S/c1-14(9-5-6-10-14)12-15-16-13(18)17(12)11-7-3-2-4-8-11/h2-4,7-8H,5-6,9-10H2,1H3,(H,16,18). The SMILES string of the molecule is CC1(c2n[nH]c(=S)n2-c2ccccc2)CCCC1. The Morgan fingerprint density at radius 3 is 2.56 bits per heavy atom. The molecule has 1 aromatic carbocycles. The van der Waals surface area contributed by atoms with Crippen LogP contribution in [-0.2, 0) is 5.41 Å². The van der Waals surface area contributed by atoms with Crippen LogP contribution < -0.4 is 0 Å². The van der Waals surface area contributed by atoms with E-state index < -0.39 is 0 Å². The number of aromatic amines is 1. The van der Waals surface area contributed by atoms with Gasteiger partial charge in [0.1, 0.15) is 5.82 Å². The van der Waals surface area contributed by atoms with E-state index in [4.69, 9.17) is 12.2 Å². The van der Waals surface area contributed by atoms with E-state index in [0.717, 1.165) is 11.5 Å². The normalized spacial score (nSPS) is 18.1. The summed E-state index contributed by atoms with van der Waals surface area (Å²) >= 11 is 5.38. The maximum Gasteiger partial charge on any atom is 0.199 e. The van der Waals surface area contributed by atoms with Crippen molar-refractivity contribution in [3.63, 3.8) is 0 Å². The van der Waals surface area contributed by atoms with Crippen LogP contribution in [0.2, 0.25) is 0 Å². The average molecular weight is 259 g/mol. The molecule has 0 unspecified atom stereocenters. The van der Waals surface area contributed by atoms with Gasteiger partial charge in [0.2, 0.25) is 0 Å². The lowest BCUT2D eigenvalue weighted by atomic mass is 9.88. The molecule has 18 heavy (non-hydrogen) atoms. The maximum absolute atomic E-state index is 5.38. The van der Waals surface area contributed by atoms with Crippen molar-refractivity contribution in [3.05, 3.63) is 40.9 Å². The van der Waals surface area contributed by atoms with Crippen molar-refractivity contribution in [1.29, 1.82) is 0 Å². The predicted octanol–water partition coefficient (Wildman–Crippen LogP) is 3.76. The number of aromatic nitrogens is 3. The van der Waals surface area contributed by atoms with Gasteiger partial charge in [-0.15, -0.1) is 0 Å². The summed E-state index contributed by atoms with van der Waals surface area (Å²) in [6, 6.07) is 10.2. The molecule has 0 aliphatic heterocycles. The van der Waals surface area contributed by atoms with E-state index in [1.165, 1.54) is 25.7 Å². The summed E-state index contributed by atoms with van der Waals surface area (Å²) in [5.41, 5.74) is 1.25. The number of nitrogens with one attached hydrogen (secondary N) is 1. The minimum absolute atomic E-state index is 0.156. The van der Waals surface area contributed by atoms with Gasteiger partial charge in [-0.1, -0.05) is 38.0 Å². The second kappa shape index (κ2) is 4.35. The van der Waals surface area contributed by atoms with Crippen molar-refractivity contribution in [1.82, 2.24) is 14.8 Å². The van der Waals surface area contributed by atoms with E-state index in [1.54, 1.807) is 0 Å². The van der Waals surface area contributed by atoms with Gasteiger partial charge >= 0.3 is 0 Å². The molecule has 1 saturated carbocycles. The molecule has 4 heteroatoms. The molecule has 1 aromatic heterocycles. The summed E-state index contributed by atoms with van der Waals surface area (Å²) in [7, 11) is 0. The van der Waals surface area contributed by atoms with Gasteiger partial charge in [-0.05, 0) is 37.2 Å². The minimum Gasteiger partial charge on any atom is -0.272 e. The Morgan fingerprint density at radius 1 is 1.22 bits per heavy atom. The molecule has 0 spiro atoms. The van der Waals surface area contributed by atoms with Gasteiger partial charge in [-0.3, -0.25) is 9.67 Å². The van der Waals surface area contributed by atoms with Crippen LogP contribution in [0.3, 0.4) is 0 Å². The number of hydrogen-bond acceptors (Lipinski definition) is 2. The lowest BCUT2D eigenvalue weighted by Crippen LogP contribution is -2.22. The monoisotopic (exact) mass is 259 g/mol. The molecule has 94 valence electrons. The van der Waals surface area contributed by atoms with Crippen LogP contribution in [0.5, 0.6) is 0 Å². The molecule has 0 bridgehead atoms. The largest absolute Gasteiger partial charge is 0.272 e. The second-order valence-electron chi connectivity index (χ2n) is 5.29. The number of rotatable bonds is 2. The van der Waals surface area contributed by atoms with Crippen molar-refractivity contribution in [2.75, 3.05) is 0 Å². The minimum atomic E-state index is 0.156. The number of benzene rings is 1. The molecule has 2 aromatic rings. The molecule has 3 nitrogen and oxygen atoms in total. The highest BCUT2D eigenvalue weighted by Crippen LogP contribution is 2.40. The van der Waals surface area contributed by atoms with Crippen molar-refractivity contribution in [2.24, 2.45) is 0 Å². The van der Waals surface area contributed by atoms with Gasteiger partial charge in [0.15, 0.2) is 4.77 Å². The third kappa shape index (κ3) is 1.81. The van der Waals surface area contributed by atoms with Crippen LogP contribution in [0.15, 0.2) is 30.3 Å². The van der Waals surface area contributed by atoms with Gasteiger partial charge in [0.05, 0.1) is 0 Å². The molecule has 0 radical (unpaired) electrons. The first-order valence-corrected chi connectivity index (χ1v) is 6.85. The molecule has 1 heterocycles. The van der Waals surface area contributed by atoms with Crippen LogP contribution in [0.4, 0.5) is 0 Å². The summed E-state index contributed by atoms with van der Waals surface area (Å²) in [5.74, 6) is 1.08. The highest BCUT2D eigenvalue weighted by atomic mass is 32.1. The molecular formula is C14H17N3S. The fourth-order valence-corrected chi connectivity index (χ4v) is 3.13. The average Bonchev–Trinajstić information content (AvgIpc) is 2.98. The van der Waals surface area contributed by atoms with Crippen LogP contribution >= 0.6 is 12.2 Å². The summed E-state index contributed by atoms with van der Waals surface area (Å²) in [4.78, 5) is 0. The lowest BCUT2D eigenvalue weighted by Gasteiger charge is -2.23. The van der Waals surface area contributed by atoms with E-state index in [-0.39, 0.29) is 5.41 Å². The highest BCUT2D eigenvalue weighted by Gasteiger charge is 2.35. The van der Waals surface area contributed by atoms with Crippen LogP contribution in [0.1, 0.15) is 38.4 Å². The third-order valence-corrected chi connectivity index (χ3v) is 4.21. The van der Waals surface area contributed by atoms with E-state index >= 15 is 0 Å². The molecule has 1 N–H and O–H groups in total. The van der Waals surface area contributed by atoms with Crippen molar-refractivity contribution in [3.8, 4) is 5.69 Å². The van der Waals surface area contributed by atoms with Crippen LogP contribution in [0.25, 0.3) is 5.69 Å². The lowest BCUT2D eigenvalue weighted by molar-refractivity contribution is 0.450. The molecule has 1 aliphatic rings. The number of nitrogens with zero attached hydrogens (tertiary/aromatic N) is 2. The first kappa shape index (κ1) is 11.7. The number of para-hydroxylation sites is 1. The number of H-pyrrole nitrogens is 1. The predicted molar refractivity (Wildman–Crippen MR) is 74.6 cm³/mol. The smallest absolute Gasteiger partial charge is 0.199 e. The first-order chi connectivity index (χ1) is 8.71. The summed E-state index contributed by atoms with van der Waals surface area (Å²) in [6.07, 6.45) is 4.95. The first-order valence-electron chi connectivity index (χ1n) is 6.44. The van der Waals surface area contributed by atoms with Gasteiger partial charge in [-0.2, -0.15) is 5.10 Å². The molecule has 0 saturated heterocycles.